The first-order chi connectivity index (χ1) is 18.9. The van der Waals surface area contributed by atoms with Gasteiger partial charge in [0.25, 0.3) is 0 Å². The third-order valence-corrected chi connectivity index (χ3v) is 8.14. The highest BCUT2D eigenvalue weighted by Gasteiger charge is 2.62. The quantitative estimate of drug-likeness (QED) is 0.339. The fraction of sp³-hybridized carbons (Fsp3) is 0.300. The van der Waals surface area contributed by atoms with Gasteiger partial charge in [0, 0.05) is 39.2 Å². The summed E-state index contributed by atoms with van der Waals surface area (Å²) in [5, 5.41) is 16.6. The first-order valence-corrected chi connectivity index (χ1v) is 13.4. The molecule has 2 heterocycles. The van der Waals surface area contributed by atoms with Crippen molar-refractivity contribution in [2.75, 3.05) is 12.4 Å². The summed E-state index contributed by atoms with van der Waals surface area (Å²) < 4.78 is 11.7. The lowest BCUT2D eigenvalue weighted by Gasteiger charge is -2.47. The van der Waals surface area contributed by atoms with Gasteiger partial charge >= 0.3 is 5.97 Å². The molecule has 2 aliphatic heterocycles. The number of nitrogens with one attached hydrogen (secondary N) is 2. The zero-order valence-corrected chi connectivity index (χ0v) is 23.8. The van der Waals surface area contributed by atoms with Crippen molar-refractivity contribution in [1.82, 2.24) is 5.32 Å². The van der Waals surface area contributed by atoms with Crippen LogP contribution in [0, 0.1) is 6.92 Å². The van der Waals surface area contributed by atoms with Gasteiger partial charge in [0.05, 0.1) is 13.2 Å². The summed E-state index contributed by atoms with van der Waals surface area (Å²) in [6, 6.07) is 14.6. The van der Waals surface area contributed by atoms with E-state index in [1.54, 1.807) is 42.5 Å². The van der Waals surface area contributed by atoms with Gasteiger partial charge in [-0.25, -0.2) is 4.79 Å². The van der Waals surface area contributed by atoms with Crippen LogP contribution in [0.5, 0.6) is 11.5 Å². The summed E-state index contributed by atoms with van der Waals surface area (Å²) in [4.78, 5) is 39.8. The Morgan fingerprint density at radius 3 is 2.38 bits per heavy atom. The molecule has 1 fully saturated rings. The number of benzene rings is 3. The van der Waals surface area contributed by atoms with Gasteiger partial charge in [-0.15, -0.1) is 0 Å². The molecule has 3 aromatic rings. The molecule has 3 N–H and O–H groups in total. The van der Waals surface area contributed by atoms with Crippen molar-refractivity contribution in [3.8, 4) is 11.5 Å². The van der Waals surface area contributed by atoms with Gasteiger partial charge in [-0.3, -0.25) is 9.59 Å². The lowest BCUT2D eigenvalue weighted by Crippen LogP contribution is -2.57. The fourth-order valence-electron chi connectivity index (χ4n) is 5.80. The molecule has 40 heavy (non-hydrogen) atoms. The number of fused-ring (bicyclic) bond motifs is 2. The summed E-state index contributed by atoms with van der Waals surface area (Å²) in [5.41, 5.74) is 0.113. The predicted molar refractivity (Wildman–Crippen MR) is 152 cm³/mol. The molecule has 0 aromatic heterocycles. The molecule has 1 saturated heterocycles. The summed E-state index contributed by atoms with van der Waals surface area (Å²) in [5.74, 6) is -1.93. The number of hydrogen-bond acceptors (Lipinski definition) is 5. The van der Waals surface area contributed by atoms with Crippen LogP contribution in [0.3, 0.4) is 0 Å². The minimum atomic E-state index is -1.60. The van der Waals surface area contributed by atoms with Crippen molar-refractivity contribution in [3.05, 3.63) is 86.9 Å². The van der Waals surface area contributed by atoms with Crippen LogP contribution in [0.4, 0.5) is 5.69 Å². The average Bonchev–Trinajstić information content (AvgIpc) is 3.17. The van der Waals surface area contributed by atoms with Gasteiger partial charge in [0.15, 0.2) is 5.60 Å². The number of anilines is 1. The molecular formula is C30H28Cl2N2O6. The van der Waals surface area contributed by atoms with E-state index in [1.807, 2.05) is 19.1 Å². The number of aryl methyl sites for hydroxylation is 1. The number of rotatable bonds is 6. The highest BCUT2D eigenvalue weighted by atomic mass is 35.5. The number of aliphatic carboxylic acids is 1. The molecule has 10 heteroatoms. The highest BCUT2D eigenvalue weighted by Crippen LogP contribution is 2.59. The molecule has 2 amide bonds. The molecule has 0 saturated carbocycles. The van der Waals surface area contributed by atoms with Crippen LogP contribution in [0.25, 0.3) is 0 Å². The number of carboxylic acids is 1. The van der Waals surface area contributed by atoms with E-state index in [1.165, 1.54) is 21.0 Å². The van der Waals surface area contributed by atoms with E-state index in [0.717, 1.165) is 5.56 Å². The largest absolute Gasteiger partial charge is 0.496 e. The van der Waals surface area contributed by atoms with Crippen LogP contribution in [-0.4, -0.2) is 35.6 Å². The van der Waals surface area contributed by atoms with Crippen molar-refractivity contribution in [1.29, 1.82) is 0 Å². The number of carboxylic acid groups (broad SMARTS) is 1. The Morgan fingerprint density at radius 2 is 1.68 bits per heavy atom. The molecule has 0 bridgehead atoms. The van der Waals surface area contributed by atoms with E-state index in [2.05, 4.69) is 10.6 Å². The average molecular weight is 583 g/mol. The molecule has 3 aromatic carbocycles. The summed E-state index contributed by atoms with van der Waals surface area (Å²) in [6.07, 6.45) is -0.0929. The Bertz CT molecular complexity index is 1560. The number of halogens is 2. The normalized spacial score (nSPS) is 21.9. The number of ether oxygens (including phenoxy) is 2. The molecule has 0 aliphatic carbocycles. The second-order valence-electron chi connectivity index (χ2n) is 10.6. The molecule has 2 aliphatic rings. The van der Waals surface area contributed by atoms with Crippen LogP contribution < -0.4 is 20.1 Å². The van der Waals surface area contributed by atoms with Crippen LogP contribution in [0.15, 0.2) is 54.6 Å². The number of amides is 2. The summed E-state index contributed by atoms with van der Waals surface area (Å²) >= 11 is 12.8. The minimum absolute atomic E-state index is 0.0929. The Kier molecular flexibility index (Phi) is 6.96. The number of hydrogen-bond donors (Lipinski definition) is 3. The molecule has 1 spiro atoms. The van der Waals surface area contributed by atoms with Gasteiger partial charge < -0.3 is 25.2 Å². The zero-order valence-electron chi connectivity index (χ0n) is 22.3. The topological polar surface area (TPSA) is 114 Å². The predicted octanol–water partition coefficient (Wildman–Crippen LogP) is 5.79. The summed E-state index contributed by atoms with van der Waals surface area (Å²) in [7, 11) is 1.53. The van der Waals surface area contributed by atoms with Gasteiger partial charge in [0.2, 0.25) is 11.8 Å². The molecule has 3 unspecified atom stereocenters. The molecule has 5 rings (SSSR count). The first-order valence-electron chi connectivity index (χ1n) is 12.7. The monoisotopic (exact) mass is 582 g/mol. The summed E-state index contributed by atoms with van der Waals surface area (Å²) in [6.45, 7) is 4.77. The van der Waals surface area contributed by atoms with Crippen molar-refractivity contribution >= 4 is 46.7 Å². The van der Waals surface area contributed by atoms with E-state index in [0.29, 0.717) is 38.2 Å². The van der Waals surface area contributed by atoms with Crippen molar-refractivity contribution in [3.63, 3.8) is 0 Å². The van der Waals surface area contributed by atoms with E-state index >= 15 is 0 Å². The second kappa shape index (κ2) is 10.0. The van der Waals surface area contributed by atoms with E-state index in [-0.39, 0.29) is 24.0 Å². The molecule has 0 radical (unpaired) electrons. The molecule has 208 valence electrons. The smallest absolute Gasteiger partial charge is 0.347 e. The van der Waals surface area contributed by atoms with E-state index < -0.39 is 28.9 Å². The molecule has 3 atom stereocenters. The second-order valence-corrected chi connectivity index (χ2v) is 11.5. The Balaban J connectivity index is 1.83. The first kappa shape index (κ1) is 27.8. The number of carbonyl (C=O) groups excluding carboxylic acids is 2. The highest BCUT2D eigenvalue weighted by molar-refractivity contribution is 6.31. The maximum Gasteiger partial charge on any atom is 0.347 e. The minimum Gasteiger partial charge on any atom is -0.496 e. The number of methoxy groups -OCH3 is 1. The van der Waals surface area contributed by atoms with Gasteiger partial charge in [0.1, 0.15) is 16.9 Å². The maximum atomic E-state index is 14.4. The van der Waals surface area contributed by atoms with Gasteiger partial charge in [-0.2, -0.15) is 0 Å². The van der Waals surface area contributed by atoms with Crippen molar-refractivity contribution < 1.29 is 29.0 Å². The third kappa shape index (κ3) is 4.45. The number of piperidine rings is 1. The van der Waals surface area contributed by atoms with Gasteiger partial charge in [-0.05, 0) is 62.7 Å². The van der Waals surface area contributed by atoms with Crippen LogP contribution in [0.1, 0.15) is 54.5 Å². The third-order valence-electron chi connectivity index (χ3n) is 7.67. The Hall–Kier alpha value is -3.75. The Morgan fingerprint density at radius 1 is 1.00 bits per heavy atom. The SMILES string of the molecule is COc1ccc(C)cc1C1NC(=O)CC(c2cc(Cl)ccc2OC(C)(C)C(=O)O)C12C(=O)Nc1cc(Cl)ccc12. The van der Waals surface area contributed by atoms with E-state index in [9.17, 15) is 19.5 Å². The standard InChI is InChI=1S/C30H28Cl2N2O6/c1-15-5-9-23(39-4)19(11-15)26-30(20-8-6-17(32)13-22(20)33-27(30)36)21(14-25(35)34-26)18-12-16(31)7-10-24(18)40-29(2,3)28(37)38/h5-13,21,26H,14H2,1-4H3,(H,33,36)(H,34,35)(H,37,38). The molecular weight excluding hydrogens is 555 g/mol. The molecule has 8 nitrogen and oxygen atoms in total. The zero-order chi connectivity index (χ0) is 29.0. The fourth-order valence-corrected chi connectivity index (χ4v) is 6.16. The van der Waals surface area contributed by atoms with E-state index in [4.69, 9.17) is 32.7 Å². The van der Waals surface area contributed by atoms with Crippen LogP contribution in [0.2, 0.25) is 10.0 Å². The lowest BCUT2D eigenvalue weighted by molar-refractivity contribution is -0.152. The van der Waals surface area contributed by atoms with Crippen LogP contribution >= 0.6 is 23.2 Å². The number of carbonyl (C=O) groups is 3. The Labute approximate surface area is 241 Å². The maximum absolute atomic E-state index is 14.4. The van der Waals surface area contributed by atoms with Crippen molar-refractivity contribution in [2.45, 2.75) is 50.2 Å². The van der Waals surface area contributed by atoms with Crippen LogP contribution in [-0.2, 0) is 19.8 Å². The van der Waals surface area contributed by atoms with Gasteiger partial charge in [-0.1, -0.05) is 47.0 Å². The van der Waals surface area contributed by atoms with Crippen molar-refractivity contribution in [2.24, 2.45) is 0 Å². The lowest BCUT2D eigenvalue weighted by atomic mass is 9.59.